The van der Waals surface area contributed by atoms with Gasteiger partial charge in [0.2, 0.25) is 5.91 Å². The molecular weight excluding hydrogens is 376 g/mol. The summed E-state index contributed by atoms with van der Waals surface area (Å²) in [6.45, 7) is 10.8. The molecule has 1 atom stereocenters. The van der Waals surface area contributed by atoms with Crippen LogP contribution >= 0.6 is 0 Å². The van der Waals surface area contributed by atoms with Crippen molar-refractivity contribution in [2.24, 2.45) is 0 Å². The number of aryl methyl sites for hydroxylation is 2. The Balaban J connectivity index is 2.11. The second-order valence-corrected chi connectivity index (χ2v) is 7.78. The van der Waals surface area contributed by atoms with Crippen LogP contribution in [0.1, 0.15) is 42.5 Å². The van der Waals surface area contributed by atoms with Gasteiger partial charge in [0.25, 0.3) is 5.91 Å². The molecule has 0 saturated heterocycles. The molecule has 0 aromatic heterocycles. The van der Waals surface area contributed by atoms with E-state index in [2.05, 4.69) is 11.4 Å². The third kappa shape index (κ3) is 6.61. The molecule has 2 aromatic carbocycles. The highest BCUT2D eigenvalue weighted by molar-refractivity contribution is 5.88. The summed E-state index contributed by atoms with van der Waals surface area (Å²) in [7, 11) is 0. The monoisotopic (exact) mass is 410 g/mol. The van der Waals surface area contributed by atoms with Crippen molar-refractivity contribution in [3.63, 3.8) is 0 Å². The van der Waals surface area contributed by atoms with Crippen LogP contribution in [0.2, 0.25) is 0 Å². The second kappa shape index (κ2) is 11.4. The molecule has 0 aliphatic heterocycles. The van der Waals surface area contributed by atoms with Crippen LogP contribution in [0.5, 0.6) is 5.75 Å². The molecule has 0 radical (unpaired) electrons. The van der Waals surface area contributed by atoms with Gasteiger partial charge in [0.15, 0.2) is 6.61 Å². The minimum atomic E-state index is -0.559. The Bertz CT molecular complexity index is 849. The van der Waals surface area contributed by atoms with Gasteiger partial charge in [0.1, 0.15) is 11.8 Å². The number of nitrogens with one attached hydrogen (secondary N) is 1. The van der Waals surface area contributed by atoms with E-state index in [1.165, 1.54) is 0 Å². The van der Waals surface area contributed by atoms with E-state index in [-0.39, 0.29) is 18.4 Å². The molecule has 1 N–H and O–H groups in total. The fraction of sp³-hybridized carbons (Fsp3) is 0.440. The van der Waals surface area contributed by atoms with Crippen molar-refractivity contribution in [2.45, 2.75) is 53.5 Å². The lowest BCUT2D eigenvalue weighted by Gasteiger charge is -2.29. The van der Waals surface area contributed by atoms with E-state index < -0.39 is 6.04 Å². The highest BCUT2D eigenvalue weighted by Crippen LogP contribution is 2.23. The van der Waals surface area contributed by atoms with E-state index in [0.29, 0.717) is 25.3 Å². The van der Waals surface area contributed by atoms with Gasteiger partial charge >= 0.3 is 0 Å². The van der Waals surface area contributed by atoms with Gasteiger partial charge in [-0.25, -0.2) is 0 Å². The Morgan fingerprint density at radius 2 is 1.80 bits per heavy atom. The Morgan fingerprint density at radius 3 is 2.47 bits per heavy atom. The average molecular weight is 411 g/mol. The highest BCUT2D eigenvalue weighted by Gasteiger charge is 2.26. The number of carbonyl (C=O) groups excluding carboxylic acids is 2. The first-order valence-electron chi connectivity index (χ1n) is 10.6. The topological polar surface area (TPSA) is 58.6 Å². The van der Waals surface area contributed by atoms with Crippen LogP contribution in [0.4, 0.5) is 0 Å². The van der Waals surface area contributed by atoms with Crippen LogP contribution in [0, 0.1) is 20.8 Å². The second-order valence-electron chi connectivity index (χ2n) is 7.78. The van der Waals surface area contributed by atoms with Gasteiger partial charge in [0.05, 0.1) is 0 Å². The smallest absolute Gasteiger partial charge is 0.261 e. The number of hydrogen-bond acceptors (Lipinski definition) is 3. The Kier molecular flexibility index (Phi) is 8.90. The van der Waals surface area contributed by atoms with Crippen molar-refractivity contribution in [1.29, 1.82) is 0 Å². The first kappa shape index (κ1) is 23.5. The van der Waals surface area contributed by atoms with Gasteiger partial charge in [-0.2, -0.15) is 0 Å². The molecule has 2 amide bonds. The number of ether oxygens (including phenoxy) is 1. The highest BCUT2D eigenvalue weighted by atomic mass is 16.5. The molecular formula is C25H34N2O3. The predicted molar refractivity (Wildman–Crippen MR) is 121 cm³/mol. The molecule has 2 aromatic rings. The molecule has 0 aliphatic carbocycles. The van der Waals surface area contributed by atoms with Crippen molar-refractivity contribution in [3.05, 3.63) is 64.7 Å². The molecule has 5 nitrogen and oxygen atoms in total. The largest absolute Gasteiger partial charge is 0.483 e. The zero-order chi connectivity index (χ0) is 22.1. The van der Waals surface area contributed by atoms with E-state index >= 15 is 0 Å². The van der Waals surface area contributed by atoms with E-state index in [1.54, 1.807) is 11.8 Å². The molecule has 0 bridgehead atoms. The molecule has 0 unspecified atom stereocenters. The first-order chi connectivity index (χ1) is 14.3. The van der Waals surface area contributed by atoms with Crippen LogP contribution in [-0.2, 0) is 16.0 Å². The maximum absolute atomic E-state index is 13.1. The molecule has 2 rings (SSSR count). The summed E-state index contributed by atoms with van der Waals surface area (Å²) in [6, 6.07) is 13.5. The zero-order valence-electron chi connectivity index (χ0n) is 18.8. The standard InChI is InChI=1S/C25H34N2O3/c1-6-13-26-25(29)21(5)27(14-12-22-10-8-7-9-11-22)24(28)17-30-23-16-18(2)15-19(3)20(23)4/h7-11,15-16,21H,6,12-14,17H2,1-5H3,(H,26,29)/t21-/m0/s1. The Morgan fingerprint density at radius 1 is 1.10 bits per heavy atom. The van der Waals surface area contributed by atoms with Crippen LogP contribution in [-0.4, -0.2) is 42.5 Å². The van der Waals surface area contributed by atoms with Crippen LogP contribution < -0.4 is 10.1 Å². The number of amides is 2. The van der Waals surface area contributed by atoms with Crippen molar-refractivity contribution >= 4 is 11.8 Å². The molecule has 0 spiro atoms. The van der Waals surface area contributed by atoms with Gasteiger partial charge in [-0.05, 0) is 68.9 Å². The van der Waals surface area contributed by atoms with Gasteiger partial charge in [-0.15, -0.1) is 0 Å². The zero-order valence-corrected chi connectivity index (χ0v) is 18.8. The molecule has 0 aliphatic rings. The van der Waals surface area contributed by atoms with E-state index in [4.69, 9.17) is 4.74 Å². The van der Waals surface area contributed by atoms with Gasteiger partial charge in [-0.1, -0.05) is 43.3 Å². The maximum atomic E-state index is 13.1. The van der Waals surface area contributed by atoms with Gasteiger partial charge in [-0.3, -0.25) is 9.59 Å². The third-order valence-corrected chi connectivity index (χ3v) is 5.32. The summed E-state index contributed by atoms with van der Waals surface area (Å²) in [6.07, 6.45) is 1.53. The SMILES string of the molecule is CCCNC(=O)[C@H](C)N(CCc1ccccc1)C(=O)COc1cc(C)cc(C)c1C. The average Bonchev–Trinajstić information content (AvgIpc) is 2.74. The van der Waals surface area contributed by atoms with Gasteiger partial charge < -0.3 is 15.0 Å². The number of benzene rings is 2. The number of carbonyl (C=O) groups is 2. The van der Waals surface area contributed by atoms with E-state index in [0.717, 1.165) is 28.7 Å². The summed E-state index contributed by atoms with van der Waals surface area (Å²) >= 11 is 0. The number of nitrogens with zero attached hydrogens (tertiary/aromatic N) is 1. The molecule has 162 valence electrons. The summed E-state index contributed by atoms with van der Waals surface area (Å²) in [4.78, 5) is 27.2. The van der Waals surface area contributed by atoms with Crippen molar-refractivity contribution in [3.8, 4) is 5.75 Å². The normalized spacial score (nSPS) is 11.6. The predicted octanol–water partition coefficient (Wildman–Crippen LogP) is 3.98. The Hall–Kier alpha value is -2.82. The minimum absolute atomic E-state index is 0.0933. The molecule has 0 saturated carbocycles. The fourth-order valence-corrected chi connectivity index (χ4v) is 3.34. The molecule has 5 heteroatoms. The molecule has 0 heterocycles. The van der Waals surface area contributed by atoms with Crippen molar-refractivity contribution in [1.82, 2.24) is 10.2 Å². The molecule has 30 heavy (non-hydrogen) atoms. The Labute approximate surface area is 180 Å². The molecule has 0 fully saturated rings. The number of hydrogen-bond donors (Lipinski definition) is 1. The van der Waals surface area contributed by atoms with Crippen molar-refractivity contribution in [2.75, 3.05) is 19.7 Å². The van der Waals surface area contributed by atoms with Crippen LogP contribution in [0.15, 0.2) is 42.5 Å². The maximum Gasteiger partial charge on any atom is 0.261 e. The summed E-state index contributed by atoms with van der Waals surface area (Å²) < 4.78 is 5.88. The van der Waals surface area contributed by atoms with E-state index in [1.807, 2.05) is 64.1 Å². The summed E-state index contributed by atoms with van der Waals surface area (Å²) in [5.41, 5.74) is 4.37. The first-order valence-corrected chi connectivity index (χ1v) is 10.6. The van der Waals surface area contributed by atoms with E-state index in [9.17, 15) is 9.59 Å². The quantitative estimate of drug-likeness (QED) is 0.645. The lowest BCUT2D eigenvalue weighted by molar-refractivity contribution is -0.141. The van der Waals surface area contributed by atoms with Crippen molar-refractivity contribution < 1.29 is 14.3 Å². The third-order valence-electron chi connectivity index (χ3n) is 5.32. The number of rotatable bonds is 10. The van der Waals surface area contributed by atoms with Gasteiger partial charge in [0, 0.05) is 13.1 Å². The summed E-state index contributed by atoms with van der Waals surface area (Å²) in [5, 5.41) is 2.89. The fourth-order valence-electron chi connectivity index (χ4n) is 3.34. The lowest BCUT2D eigenvalue weighted by atomic mass is 10.1. The summed E-state index contributed by atoms with van der Waals surface area (Å²) in [5.74, 6) is 0.386. The minimum Gasteiger partial charge on any atom is -0.483 e. The van der Waals surface area contributed by atoms with Crippen LogP contribution in [0.25, 0.3) is 0 Å². The van der Waals surface area contributed by atoms with Crippen LogP contribution in [0.3, 0.4) is 0 Å². The lowest BCUT2D eigenvalue weighted by Crippen LogP contribution is -2.50.